The number of nitrogens with zero attached hydrogens (tertiary/aromatic N) is 3. The van der Waals surface area contributed by atoms with Gasteiger partial charge in [-0.2, -0.15) is 5.10 Å². The number of hydrogen-bond donors (Lipinski definition) is 2. The molecule has 0 unspecified atom stereocenters. The molecule has 1 aromatic rings. The molecular formula is C36H50N4O7. The molecule has 47 heavy (non-hydrogen) atoms. The number of carbonyl (C=O) groups is 2. The second-order valence-corrected chi connectivity index (χ2v) is 17.0. The summed E-state index contributed by atoms with van der Waals surface area (Å²) < 4.78 is 0. The first-order valence-electron chi connectivity index (χ1n) is 17.4. The maximum absolute atomic E-state index is 13.0. The minimum atomic E-state index is -0.722. The van der Waals surface area contributed by atoms with Crippen LogP contribution in [0.1, 0.15) is 106 Å². The molecule has 0 amide bonds. The van der Waals surface area contributed by atoms with Crippen molar-refractivity contribution in [3.05, 3.63) is 38.4 Å². The third-order valence-corrected chi connectivity index (χ3v) is 15.3. The third kappa shape index (κ3) is 4.60. The predicted molar refractivity (Wildman–Crippen MR) is 178 cm³/mol. The molecule has 11 heteroatoms. The Morgan fingerprint density at radius 1 is 0.957 bits per heavy atom. The Bertz CT molecular complexity index is 1540. The monoisotopic (exact) mass is 650 g/mol. The van der Waals surface area contributed by atoms with Crippen LogP contribution in [-0.2, 0) is 9.59 Å². The fourth-order valence-electron chi connectivity index (χ4n) is 12.7. The first-order valence-corrected chi connectivity index (χ1v) is 17.4. The van der Waals surface area contributed by atoms with Crippen molar-refractivity contribution in [2.75, 3.05) is 5.43 Å². The third-order valence-electron chi connectivity index (χ3n) is 15.3. The van der Waals surface area contributed by atoms with Gasteiger partial charge in [0.2, 0.25) is 0 Å². The molecule has 0 saturated heterocycles. The molecule has 1 aromatic carbocycles. The van der Waals surface area contributed by atoms with Crippen molar-refractivity contribution < 1.29 is 24.5 Å². The van der Waals surface area contributed by atoms with E-state index in [1.165, 1.54) is 12.1 Å². The van der Waals surface area contributed by atoms with Crippen molar-refractivity contribution in [3.8, 4) is 0 Å². The average Bonchev–Trinajstić information content (AvgIpc) is 3.41. The van der Waals surface area contributed by atoms with E-state index < -0.39 is 21.2 Å². The molecule has 6 rings (SSSR count). The number of hydrazone groups is 1. The van der Waals surface area contributed by atoms with Gasteiger partial charge >= 0.3 is 11.7 Å². The van der Waals surface area contributed by atoms with Crippen molar-refractivity contribution in [1.29, 1.82) is 0 Å². The Balaban J connectivity index is 1.30. The lowest BCUT2D eigenvalue weighted by Gasteiger charge is -2.72. The summed E-state index contributed by atoms with van der Waals surface area (Å²) in [6.45, 7) is 13.9. The van der Waals surface area contributed by atoms with Crippen molar-refractivity contribution in [2.24, 2.45) is 67.7 Å². The van der Waals surface area contributed by atoms with Crippen molar-refractivity contribution in [2.45, 2.75) is 106 Å². The lowest BCUT2D eigenvalue weighted by molar-refractivity contribution is -0.393. The second kappa shape index (κ2) is 11.1. The highest BCUT2D eigenvalue weighted by atomic mass is 16.6. The summed E-state index contributed by atoms with van der Waals surface area (Å²) in [5, 5.41) is 38.3. The van der Waals surface area contributed by atoms with Crippen LogP contribution < -0.4 is 5.43 Å². The van der Waals surface area contributed by atoms with Gasteiger partial charge in [-0.3, -0.25) is 30.4 Å². The Hall–Kier alpha value is -3.37. The summed E-state index contributed by atoms with van der Waals surface area (Å²) in [6, 6.07) is 3.56. The summed E-state index contributed by atoms with van der Waals surface area (Å²) >= 11 is 0. The number of carboxylic acids is 1. The van der Waals surface area contributed by atoms with E-state index in [1.54, 1.807) is 0 Å². The van der Waals surface area contributed by atoms with Gasteiger partial charge in [-0.15, -0.1) is 0 Å². The molecule has 11 nitrogen and oxygen atoms in total. The number of nitrogens with one attached hydrogen (secondary N) is 1. The number of hydrogen-bond acceptors (Lipinski definition) is 8. The molecule has 0 aliphatic heterocycles. The van der Waals surface area contributed by atoms with Crippen LogP contribution in [0.5, 0.6) is 0 Å². The zero-order valence-electron chi connectivity index (χ0n) is 28.6. The van der Waals surface area contributed by atoms with Gasteiger partial charge in [0.1, 0.15) is 12.0 Å². The molecule has 5 aliphatic carbocycles. The number of benzene rings is 1. The molecule has 5 fully saturated rings. The number of nitro benzene ring substituents is 2. The molecule has 0 aromatic heterocycles. The topological polar surface area (TPSA) is 165 Å². The minimum Gasteiger partial charge on any atom is -0.481 e. The quantitative estimate of drug-likeness (QED) is 0.169. The van der Waals surface area contributed by atoms with Crippen molar-refractivity contribution >= 4 is 35.0 Å². The van der Waals surface area contributed by atoms with E-state index >= 15 is 0 Å². The van der Waals surface area contributed by atoms with Gasteiger partial charge in [0, 0.05) is 23.1 Å². The lowest BCUT2D eigenvalue weighted by atomic mass is 9.32. The van der Waals surface area contributed by atoms with E-state index in [1.807, 2.05) is 6.92 Å². The minimum absolute atomic E-state index is 0.0202. The summed E-state index contributed by atoms with van der Waals surface area (Å²) in [5.41, 5.74) is 2.31. The molecule has 5 saturated carbocycles. The number of fused-ring (bicyclic) bond motifs is 7. The Kier molecular flexibility index (Phi) is 7.91. The molecule has 0 bridgehead atoms. The highest BCUT2D eigenvalue weighted by Gasteiger charge is 2.72. The SMILES string of the molecule is C[C@H](C=O)[C@@H]1CC[C@]2(C(=O)O)CC[C@]3(C)[C@H](CC[C@@H]4[C@@]5(C)CC/C(=N/Nc6ccc([N+](=O)[O-])cc6[N+](=O)[O-])C(C)(C)[C@@H]5CC[C@]43C)[C@@H]12. The molecule has 0 heterocycles. The maximum atomic E-state index is 13.0. The molecule has 10 atom stereocenters. The summed E-state index contributed by atoms with van der Waals surface area (Å²) in [7, 11) is 0. The van der Waals surface area contributed by atoms with Gasteiger partial charge < -0.3 is 9.90 Å². The predicted octanol–water partition coefficient (Wildman–Crippen LogP) is 8.27. The van der Waals surface area contributed by atoms with E-state index in [-0.39, 0.29) is 62.4 Å². The fourth-order valence-corrected chi connectivity index (χ4v) is 12.7. The van der Waals surface area contributed by atoms with E-state index in [0.29, 0.717) is 24.7 Å². The molecule has 0 radical (unpaired) electrons. The molecule has 256 valence electrons. The van der Waals surface area contributed by atoms with Gasteiger partial charge in [-0.25, -0.2) is 0 Å². The number of nitro groups is 2. The van der Waals surface area contributed by atoms with E-state index in [9.17, 15) is 34.9 Å². The average molecular weight is 651 g/mol. The maximum Gasteiger partial charge on any atom is 0.309 e. The highest BCUT2D eigenvalue weighted by Crippen LogP contribution is 2.77. The Labute approximate surface area is 276 Å². The Morgan fingerprint density at radius 3 is 2.32 bits per heavy atom. The zero-order valence-corrected chi connectivity index (χ0v) is 28.6. The van der Waals surface area contributed by atoms with E-state index in [0.717, 1.165) is 69.4 Å². The number of aliphatic carboxylic acids is 1. The van der Waals surface area contributed by atoms with Gasteiger partial charge in [0.05, 0.1) is 21.3 Å². The van der Waals surface area contributed by atoms with Crippen LogP contribution in [-0.4, -0.2) is 32.9 Å². The highest BCUT2D eigenvalue weighted by molar-refractivity contribution is 5.91. The number of carbonyl (C=O) groups excluding carboxylic acids is 1. The summed E-state index contributed by atoms with van der Waals surface area (Å²) in [6.07, 6.45) is 9.92. The van der Waals surface area contributed by atoms with Crippen molar-refractivity contribution in [3.63, 3.8) is 0 Å². The van der Waals surface area contributed by atoms with Crippen LogP contribution in [0.2, 0.25) is 0 Å². The largest absolute Gasteiger partial charge is 0.481 e. The van der Waals surface area contributed by atoms with Crippen LogP contribution >= 0.6 is 0 Å². The van der Waals surface area contributed by atoms with Gasteiger partial charge in [0.15, 0.2) is 0 Å². The molecular weight excluding hydrogens is 600 g/mol. The summed E-state index contributed by atoms with van der Waals surface area (Å²) in [5.74, 6) is 0.414. The lowest BCUT2D eigenvalue weighted by Crippen LogP contribution is -2.66. The van der Waals surface area contributed by atoms with Crippen LogP contribution in [0.4, 0.5) is 17.1 Å². The van der Waals surface area contributed by atoms with Crippen LogP contribution in [0.15, 0.2) is 23.3 Å². The molecule has 0 spiro atoms. The number of rotatable bonds is 7. The zero-order chi connectivity index (χ0) is 34.3. The van der Waals surface area contributed by atoms with Gasteiger partial charge in [0.25, 0.3) is 5.69 Å². The van der Waals surface area contributed by atoms with E-state index in [2.05, 4.69) is 40.0 Å². The van der Waals surface area contributed by atoms with E-state index in [4.69, 9.17) is 5.10 Å². The normalized spacial score (nSPS) is 41.8. The van der Waals surface area contributed by atoms with Crippen LogP contribution in [0.3, 0.4) is 0 Å². The van der Waals surface area contributed by atoms with Gasteiger partial charge in [-0.1, -0.05) is 41.5 Å². The molecule has 2 N–H and O–H groups in total. The van der Waals surface area contributed by atoms with Crippen LogP contribution in [0.25, 0.3) is 0 Å². The van der Waals surface area contributed by atoms with Gasteiger partial charge in [-0.05, 0) is 116 Å². The Morgan fingerprint density at radius 2 is 1.68 bits per heavy atom. The second-order valence-electron chi connectivity index (χ2n) is 17.0. The first-order chi connectivity index (χ1) is 22.0. The molecule has 5 aliphatic rings. The number of non-ortho nitro benzene ring substituents is 1. The number of aldehydes is 1. The number of carboxylic acid groups (broad SMARTS) is 1. The van der Waals surface area contributed by atoms with Crippen LogP contribution in [0, 0.1) is 82.8 Å². The smallest absolute Gasteiger partial charge is 0.309 e. The standard InChI is InChI=1S/C36H50N4O7/c1-21(20-41)23-11-16-36(31(42)43)18-17-34(5)24(30(23)36)8-10-28-33(4)14-13-29(32(2,3)27(33)12-15-35(28,34)6)38-37-25-9-7-22(39(44)45)19-26(25)40(46)47/h7,9,19-21,23-24,27-28,30,37H,8,10-18H2,1-6H3,(H,42,43)/b38-29-/t21-,23+,24-,27+,28-,30-,33+,34-,35-,36+/m1/s1. The van der Waals surface area contributed by atoms with Crippen molar-refractivity contribution in [1.82, 2.24) is 0 Å². The first kappa shape index (κ1) is 33.5. The fraction of sp³-hybridized carbons (Fsp3) is 0.750. The summed E-state index contributed by atoms with van der Waals surface area (Å²) in [4.78, 5) is 46.7. The number of anilines is 1.